The minimum atomic E-state index is -0.158. The number of hydrogen-bond acceptors (Lipinski definition) is 3. The van der Waals surface area contributed by atoms with E-state index >= 15 is 0 Å². The molecule has 1 atom stereocenters. The molecule has 0 aliphatic carbocycles. The third kappa shape index (κ3) is 2.18. The van der Waals surface area contributed by atoms with Gasteiger partial charge in [-0.05, 0) is 0 Å². The summed E-state index contributed by atoms with van der Waals surface area (Å²) in [5, 5.41) is 3.75. The number of benzene rings is 1. The van der Waals surface area contributed by atoms with Crippen LogP contribution in [0.3, 0.4) is 0 Å². The number of halogens is 1. The molecule has 1 heterocycles. The summed E-state index contributed by atoms with van der Waals surface area (Å²) in [4.78, 5) is 16.8. The highest BCUT2D eigenvalue weighted by Crippen LogP contribution is 2.15. The third-order valence-corrected chi connectivity index (χ3v) is 2.55. The van der Waals surface area contributed by atoms with Gasteiger partial charge in [0, 0.05) is 12.0 Å². The molecule has 15 heavy (non-hydrogen) atoms. The highest BCUT2D eigenvalue weighted by Gasteiger charge is 2.25. The number of hydrogen-bond donors (Lipinski definition) is 0. The predicted octanol–water partition coefficient (Wildman–Crippen LogP) is 2.25. The first-order valence-corrected chi connectivity index (χ1v) is 5.23. The summed E-state index contributed by atoms with van der Waals surface area (Å²) in [6.45, 7) is 0. The molecule has 0 saturated heterocycles. The summed E-state index contributed by atoms with van der Waals surface area (Å²) in [5.74, 6) is 0.276. The summed E-state index contributed by atoms with van der Waals surface area (Å²) in [7, 11) is 0. The molecule has 1 aromatic carbocycles. The van der Waals surface area contributed by atoms with Gasteiger partial charge in [-0.3, -0.25) is 4.79 Å². The minimum absolute atomic E-state index is 0.0804. The predicted molar refractivity (Wildman–Crippen MR) is 58.4 cm³/mol. The third-order valence-electron chi connectivity index (χ3n) is 2.20. The van der Waals surface area contributed by atoms with Crippen molar-refractivity contribution in [2.75, 3.05) is 5.88 Å². The number of ketones is 1. The van der Waals surface area contributed by atoms with E-state index in [1.54, 1.807) is 12.1 Å². The van der Waals surface area contributed by atoms with Gasteiger partial charge in [-0.2, -0.15) is 0 Å². The number of carbonyl (C=O) groups excluding carboxylic acids is 1. The Bertz CT molecular complexity index is 389. The molecule has 0 spiro atoms. The molecule has 0 saturated carbocycles. The Balaban J connectivity index is 2.11. The molecule has 0 amide bonds. The Labute approximate surface area is 92.7 Å². The van der Waals surface area contributed by atoms with Crippen LogP contribution in [0.4, 0.5) is 0 Å². The lowest BCUT2D eigenvalue weighted by molar-refractivity contribution is 0.101. The van der Waals surface area contributed by atoms with E-state index in [9.17, 15) is 4.79 Å². The normalized spacial score (nSPS) is 19.5. The highest BCUT2D eigenvalue weighted by molar-refractivity contribution is 6.46. The van der Waals surface area contributed by atoms with Crippen LogP contribution in [0.25, 0.3) is 0 Å². The van der Waals surface area contributed by atoms with Crippen molar-refractivity contribution in [1.29, 1.82) is 0 Å². The molecule has 0 radical (unpaired) electrons. The van der Waals surface area contributed by atoms with Gasteiger partial charge < -0.3 is 4.84 Å². The Hall–Kier alpha value is -1.35. The van der Waals surface area contributed by atoms with Crippen molar-refractivity contribution in [2.45, 2.75) is 12.5 Å². The molecule has 0 aromatic heterocycles. The SMILES string of the molecule is O=C(C1=NOC(CCl)C1)c1ccccc1. The van der Waals surface area contributed by atoms with E-state index < -0.39 is 0 Å². The van der Waals surface area contributed by atoms with Crippen LogP contribution in [-0.2, 0) is 4.84 Å². The largest absolute Gasteiger partial charge is 0.390 e. The van der Waals surface area contributed by atoms with Gasteiger partial charge in [0.25, 0.3) is 0 Å². The number of rotatable bonds is 3. The fraction of sp³-hybridized carbons (Fsp3) is 0.273. The van der Waals surface area contributed by atoms with Gasteiger partial charge in [-0.15, -0.1) is 11.6 Å². The van der Waals surface area contributed by atoms with Gasteiger partial charge in [-0.1, -0.05) is 35.5 Å². The second-order valence-electron chi connectivity index (χ2n) is 3.32. The average Bonchev–Trinajstić information content (AvgIpc) is 2.78. The molecule has 0 N–H and O–H groups in total. The van der Waals surface area contributed by atoms with E-state index in [0.717, 1.165) is 0 Å². The van der Waals surface area contributed by atoms with E-state index in [1.807, 2.05) is 18.2 Å². The van der Waals surface area contributed by atoms with Crippen molar-refractivity contribution >= 4 is 23.1 Å². The Kier molecular flexibility index (Phi) is 3.02. The molecule has 0 bridgehead atoms. The fourth-order valence-electron chi connectivity index (χ4n) is 1.40. The smallest absolute Gasteiger partial charge is 0.210 e. The lowest BCUT2D eigenvalue weighted by Crippen LogP contribution is -2.16. The van der Waals surface area contributed by atoms with Crippen molar-refractivity contribution in [3.63, 3.8) is 0 Å². The monoisotopic (exact) mass is 223 g/mol. The molecule has 0 fully saturated rings. The first-order valence-electron chi connectivity index (χ1n) is 4.69. The van der Waals surface area contributed by atoms with Crippen molar-refractivity contribution in [3.8, 4) is 0 Å². The molecule has 2 rings (SSSR count). The molecule has 78 valence electrons. The second-order valence-corrected chi connectivity index (χ2v) is 3.63. The van der Waals surface area contributed by atoms with Crippen LogP contribution in [0.1, 0.15) is 16.8 Å². The Morgan fingerprint density at radius 3 is 2.80 bits per heavy atom. The van der Waals surface area contributed by atoms with E-state index in [-0.39, 0.29) is 11.9 Å². The van der Waals surface area contributed by atoms with Crippen molar-refractivity contribution in [2.24, 2.45) is 5.16 Å². The van der Waals surface area contributed by atoms with E-state index in [0.29, 0.717) is 23.6 Å². The van der Waals surface area contributed by atoms with Crippen LogP contribution in [0.5, 0.6) is 0 Å². The van der Waals surface area contributed by atoms with Gasteiger partial charge in [0.2, 0.25) is 5.78 Å². The zero-order chi connectivity index (χ0) is 10.7. The van der Waals surface area contributed by atoms with Crippen LogP contribution in [-0.4, -0.2) is 23.5 Å². The van der Waals surface area contributed by atoms with Gasteiger partial charge in [-0.25, -0.2) is 0 Å². The molecule has 1 unspecified atom stereocenters. The maximum absolute atomic E-state index is 11.9. The zero-order valence-electron chi connectivity index (χ0n) is 8.02. The van der Waals surface area contributed by atoms with Crippen LogP contribution in [0.2, 0.25) is 0 Å². The summed E-state index contributed by atoms with van der Waals surface area (Å²) in [5.41, 5.74) is 1.09. The van der Waals surface area contributed by atoms with Crippen LogP contribution in [0.15, 0.2) is 35.5 Å². The topological polar surface area (TPSA) is 38.7 Å². The standard InChI is InChI=1S/C11H10ClNO2/c12-7-9-6-10(13-15-9)11(14)8-4-2-1-3-5-8/h1-5,9H,6-7H2. The maximum atomic E-state index is 11.9. The fourth-order valence-corrected chi connectivity index (χ4v) is 1.57. The molecular formula is C11H10ClNO2. The summed E-state index contributed by atoms with van der Waals surface area (Å²) in [6.07, 6.45) is 0.339. The molecular weight excluding hydrogens is 214 g/mol. The lowest BCUT2D eigenvalue weighted by Gasteiger charge is -2.00. The molecule has 4 heteroatoms. The Morgan fingerprint density at radius 2 is 2.20 bits per heavy atom. The van der Waals surface area contributed by atoms with E-state index in [1.165, 1.54) is 0 Å². The molecule has 1 aliphatic rings. The highest BCUT2D eigenvalue weighted by atomic mass is 35.5. The summed E-state index contributed by atoms with van der Waals surface area (Å²) in [6, 6.07) is 9.04. The number of Topliss-reactive ketones (excluding diaryl/α,β-unsaturated/α-hetero) is 1. The van der Waals surface area contributed by atoms with E-state index in [2.05, 4.69) is 5.16 Å². The van der Waals surface area contributed by atoms with Crippen LogP contribution >= 0.6 is 11.6 Å². The summed E-state index contributed by atoms with van der Waals surface area (Å²) < 4.78 is 0. The number of alkyl halides is 1. The molecule has 1 aliphatic heterocycles. The maximum Gasteiger partial charge on any atom is 0.210 e. The molecule has 1 aromatic rings. The van der Waals surface area contributed by atoms with Crippen LogP contribution in [0, 0.1) is 0 Å². The summed E-state index contributed by atoms with van der Waals surface area (Å²) >= 11 is 5.61. The molecule has 3 nitrogen and oxygen atoms in total. The quantitative estimate of drug-likeness (QED) is 0.582. The number of nitrogens with zero attached hydrogens (tertiary/aromatic N) is 1. The van der Waals surface area contributed by atoms with Gasteiger partial charge in [0.05, 0.1) is 5.88 Å². The van der Waals surface area contributed by atoms with E-state index in [4.69, 9.17) is 16.4 Å². The number of oxime groups is 1. The van der Waals surface area contributed by atoms with Crippen molar-refractivity contribution < 1.29 is 9.63 Å². The van der Waals surface area contributed by atoms with Gasteiger partial charge in [0.1, 0.15) is 11.8 Å². The van der Waals surface area contributed by atoms with Crippen LogP contribution < -0.4 is 0 Å². The number of carbonyl (C=O) groups is 1. The second kappa shape index (κ2) is 4.45. The first-order chi connectivity index (χ1) is 7.31. The minimum Gasteiger partial charge on any atom is -0.390 e. The average molecular weight is 224 g/mol. The lowest BCUT2D eigenvalue weighted by atomic mass is 10.0. The first kappa shape index (κ1) is 10.2. The van der Waals surface area contributed by atoms with Gasteiger partial charge >= 0.3 is 0 Å². The van der Waals surface area contributed by atoms with Gasteiger partial charge in [0.15, 0.2) is 0 Å². The zero-order valence-corrected chi connectivity index (χ0v) is 8.78. The van der Waals surface area contributed by atoms with Crippen molar-refractivity contribution in [3.05, 3.63) is 35.9 Å². The van der Waals surface area contributed by atoms with Crippen molar-refractivity contribution in [1.82, 2.24) is 0 Å². The Morgan fingerprint density at radius 1 is 1.47 bits per heavy atom.